The zero-order valence-electron chi connectivity index (χ0n) is 15.3. The smallest absolute Gasteiger partial charge is 0.272 e. The van der Waals surface area contributed by atoms with Crippen molar-refractivity contribution in [3.63, 3.8) is 0 Å². The summed E-state index contributed by atoms with van der Waals surface area (Å²) in [6.07, 6.45) is 2.56. The van der Waals surface area contributed by atoms with Crippen molar-refractivity contribution in [3.05, 3.63) is 45.7 Å². The maximum atomic E-state index is 12.7. The van der Waals surface area contributed by atoms with E-state index in [9.17, 15) is 9.59 Å². The van der Waals surface area contributed by atoms with E-state index in [0.29, 0.717) is 42.4 Å². The Morgan fingerprint density at radius 1 is 1.41 bits per heavy atom. The summed E-state index contributed by atoms with van der Waals surface area (Å²) in [6.45, 7) is 2.48. The molecule has 9 heteroatoms. The topological polar surface area (TPSA) is 106 Å². The van der Waals surface area contributed by atoms with Gasteiger partial charge in [0.05, 0.1) is 18.8 Å². The fourth-order valence-electron chi connectivity index (χ4n) is 3.57. The average molecular weight is 371 g/mol. The molecule has 1 atom stereocenters. The molecule has 1 aliphatic heterocycles. The van der Waals surface area contributed by atoms with Crippen molar-refractivity contribution in [2.45, 2.75) is 38.6 Å². The van der Waals surface area contributed by atoms with Crippen LogP contribution in [-0.4, -0.2) is 44.2 Å². The van der Waals surface area contributed by atoms with Gasteiger partial charge in [-0.15, -0.1) is 0 Å². The first-order valence-electron chi connectivity index (χ1n) is 8.93. The third-order valence-electron chi connectivity index (χ3n) is 4.86. The van der Waals surface area contributed by atoms with Gasteiger partial charge in [0, 0.05) is 43.3 Å². The lowest BCUT2D eigenvalue weighted by Crippen LogP contribution is -2.31. The third kappa shape index (κ3) is 3.32. The van der Waals surface area contributed by atoms with Gasteiger partial charge in [0.25, 0.3) is 11.4 Å². The highest BCUT2D eigenvalue weighted by Crippen LogP contribution is 2.32. The molecule has 27 heavy (non-hydrogen) atoms. The second-order valence-electron chi connectivity index (χ2n) is 6.72. The highest BCUT2D eigenvalue weighted by molar-refractivity contribution is 5.77. The zero-order chi connectivity index (χ0) is 19.0. The Morgan fingerprint density at radius 3 is 3.04 bits per heavy atom. The van der Waals surface area contributed by atoms with Crippen molar-refractivity contribution in [2.24, 2.45) is 0 Å². The molecule has 0 aliphatic carbocycles. The monoisotopic (exact) mass is 371 g/mol. The van der Waals surface area contributed by atoms with Crippen molar-refractivity contribution >= 4 is 11.6 Å². The first-order valence-corrected chi connectivity index (χ1v) is 8.93. The number of amides is 1. The molecular weight excluding hydrogens is 350 g/mol. The van der Waals surface area contributed by atoms with Gasteiger partial charge < -0.3 is 14.2 Å². The molecule has 1 amide bonds. The number of nitrogens with zero attached hydrogens (tertiary/aromatic N) is 4. The molecule has 0 spiro atoms. The lowest BCUT2D eigenvalue weighted by Gasteiger charge is -2.23. The van der Waals surface area contributed by atoms with E-state index in [2.05, 4.69) is 15.2 Å². The molecule has 1 saturated heterocycles. The van der Waals surface area contributed by atoms with Crippen LogP contribution in [0.1, 0.15) is 42.5 Å². The largest absolute Gasteiger partial charge is 0.479 e. The summed E-state index contributed by atoms with van der Waals surface area (Å²) < 4.78 is 11.6. The normalized spacial score (nSPS) is 17.0. The molecule has 0 aromatic carbocycles. The van der Waals surface area contributed by atoms with Crippen LogP contribution < -0.4 is 10.3 Å². The van der Waals surface area contributed by atoms with Crippen LogP contribution in [0.5, 0.6) is 5.88 Å². The first kappa shape index (κ1) is 17.3. The van der Waals surface area contributed by atoms with Crippen molar-refractivity contribution in [1.82, 2.24) is 24.7 Å². The molecular formula is C18H21N5O4. The number of carbonyl (C=O) groups excluding carboxylic acids is 1. The van der Waals surface area contributed by atoms with E-state index in [-0.39, 0.29) is 17.5 Å². The van der Waals surface area contributed by atoms with E-state index in [0.717, 1.165) is 18.5 Å². The number of H-pyrrole nitrogens is 1. The maximum absolute atomic E-state index is 12.7. The van der Waals surface area contributed by atoms with Crippen LogP contribution in [0.25, 0.3) is 5.65 Å². The molecule has 0 unspecified atom stereocenters. The quantitative estimate of drug-likeness (QED) is 0.731. The van der Waals surface area contributed by atoms with Crippen molar-refractivity contribution in [1.29, 1.82) is 0 Å². The molecule has 1 N–H and O–H groups in total. The number of methoxy groups -OCH3 is 1. The second kappa shape index (κ2) is 6.90. The molecule has 9 nitrogen and oxygen atoms in total. The van der Waals surface area contributed by atoms with Gasteiger partial charge in [0.2, 0.25) is 5.91 Å². The highest BCUT2D eigenvalue weighted by Gasteiger charge is 2.31. The Morgan fingerprint density at radius 2 is 2.26 bits per heavy atom. The molecule has 1 aliphatic rings. The van der Waals surface area contributed by atoms with Crippen molar-refractivity contribution in [3.8, 4) is 5.88 Å². The summed E-state index contributed by atoms with van der Waals surface area (Å²) in [5, 5.41) is 6.85. The van der Waals surface area contributed by atoms with Crippen LogP contribution in [-0.2, 0) is 11.2 Å². The summed E-state index contributed by atoms with van der Waals surface area (Å²) in [7, 11) is 1.52. The van der Waals surface area contributed by atoms with E-state index >= 15 is 0 Å². The van der Waals surface area contributed by atoms with Crippen LogP contribution >= 0.6 is 0 Å². The minimum atomic E-state index is -0.154. The summed E-state index contributed by atoms with van der Waals surface area (Å²) in [4.78, 5) is 31.1. The minimum Gasteiger partial charge on any atom is -0.479 e. The fourth-order valence-corrected chi connectivity index (χ4v) is 3.57. The zero-order valence-corrected chi connectivity index (χ0v) is 15.3. The van der Waals surface area contributed by atoms with Gasteiger partial charge in [-0.3, -0.25) is 14.7 Å². The first-order chi connectivity index (χ1) is 13.0. The van der Waals surface area contributed by atoms with Crippen LogP contribution in [0, 0.1) is 6.92 Å². The number of aryl methyl sites for hydroxylation is 2. The van der Waals surface area contributed by atoms with E-state index in [1.165, 1.54) is 17.7 Å². The molecule has 0 radical (unpaired) electrons. The molecule has 4 heterocycles. The van der Waals surface area contributed by atoms with Gasteiger partial charge >= 0.3 is 0 Å². The van der Waals surface area contributed by atoms with Gasteiger partial charge in [-0.25, -0.2) is 9.50 Å². The van der Waals surface area contributed by atoms with E-state index < -0.39 is 0 Å². The van der Waals surface area contributed by atoms with Gasteiger partial charge in [-0.1, -0.05) is 0 Å². The van der Waals surface area contributed by atoms with Crippen LogP contribution in [0.15, 0.2) is 27.5 Å². The number of aromatic amines is 1. The number of rotatable bonds is 5. The lowest BCUT2D eigenvalue weighted by molar-refractivity contribution is -0.132. The highest BCUT2D eigenvalue weighted by atomic mass is 16.5. The predicted octanol–water partition coefficient (Wildman–Crippen LogP) is 1.62. The number of ether oxygens (including phenoxy) is 1. The summed E-state index contributed by atoms with van der Waals surface area (Å²) >= 11 is 0. The summed E-state index contributed by atoms with van der Waals surface area (Å²) in [5.74, 6) is 1.07. The Balaban J connectivity index is 1.50. The standard InChI is InChI=1S/C18H21N5O4/c1-11-8-18(25)23-15(19-11)10-13(20-23)14-4-3-7-22(14)17(24)6-5-12-9-16(26-2)21-27-12/h8-10,14,20H,3-7H2,1-2H3/t14-/m1/s1. The van der Waals surface area contributed by atoms with Crippen LogP contribution in [0.4, 0.5) is 0 Å². The Hall–Kier alpha value is -3.10. The Labute approximate surface area is 154 Å². The fraction of sp³-hybridized carbons (Fsp3) is 0.444. The molecule has 1 fully saturated rings. The Bertz CT molecular complexity index is 1030. The number of nitrogens with one attached hydrogen (secondary N) is 1. The molecule has 3 aromatic rings. The second-order valence-corrected chi connectivity index (χ2v) is 6.72. The van der Waals surface area contributed by atoms with Gasteiger partial charge in [-0.05, 0) is 24.9 Å². The third-order valence-corrected chi connectivity index (χ3v) is 4.86. The SMILES string of the molecule is COc1cc(CCC(=O)N2CCC[C@@H]2c2cc3nc(C)cc(=O)n3[nH]2)on1. The van der Waals surface area contributed by atoms with Crippen molar-refractivity contribution < 1.29 is 14.1 Å². The molecule has 3 aromatic heterocycles. The summed E-state index contributed by atoms with van der Waals surface area (Å²) in [6, 6.07) is 4.94. The van der Waals surface area contributed by atoms with Crippen LogP contribution in [0.2, 0.25) is 0 Å². The van der Waals surface area contributed by atoms with E-state index in [4.69, 9.17) is 9.26 Å². The Kier molecular flexibility index (Phi) is 4.43. The molecule has 0 saturated carbocycles. The maximum Gasteiger partial charge on any atom is 0.272 e. The van der Waals surface area contributed by atoms with Crippen molar-refractivity contribution in [2.75, 3.05) is 13.7 Å². The number of fused-ring (bicyclic) bond motifs is 1. The van der Waals surface area contributed by atoms with Gasteiger partial charge in [-0.2, -0.15) is 0 Å². The molecule has 142 valence electrons. The number of aromatic nitrogens is 4. The number of hydrogen-bond donors (Lipinski definition) is 1. The summed E-state index contributed by atoms with van der Waals surface area (Å²) in [5.41, 5.74) is 1.92. The van der Waals surface area contributed by atoms with Crippen LogP contribution in [0.3, 0.4) is 0 Å². The lowest BCUT2D eigenvalue weighted by atomic mass is 10.1. The molecule has 0 bridgehead atoms. The minimum absolute atomic E-state index is 0.0445. The number of likely N-dealkylation sites (tertiary alicyclic amines) is 1. The number of hydrogen-bond acceptors (Lipinski definition) is 6. The predicted molar refractivity (Wildman–Crippen MR) is 95.6 cm³/mol. The average Bonchev–Trinajstić information content (AvgIpc) is 3.37. The number of carbonyl (C=O) groups is 1. The van der Waals surface area contributed by atoms with E-state index in [1.54, 1.807) is 13.0 Å². The van der Waals surface area contributed by atoms with Gasteiger partial charge in [0.15, 0.2) is 5.65 Å². The molecule has 4 rings (SSSR count). The van der Waals surface area contributed by atoms with Gasteiger partial charge in [0.1, 0.15) is 5.76 Å². The van der Waals surface area contributed by atoms with E-state index in [1.807, 2.05) is 11.0 Å².